The van der Waals surface area contributed by atoms with Crippen LogP contribution in [0.1, 0.15) is 43.9 Å². The highest BCUT2D eigenvalue weighted by atomic mass is 16.5. The number of oxazole rings is 1. The Morgan fingerprint density at radius 2 is 2.00 bits per heavy atom. The first-order chi connectivity index (χ1) is 9.84. The van der Waals surface area contributed by atoms with Gasteiger partial charge in [-0.2, -0.15) is 0 Å². The summed E-state index contributed by atoms with van der Waals surface area (Å²) < 4.78 is 11.0. The van der Waals surface area contributed by atoms with Crippen LogP contribution in [-0.2, 0) is 5.41 Å². The van der Waals surface area contributed by atoms with Crippen molar-refractivity contribution < 1.29 is 19.1 Å². The molecule has 0 aliphatic rings. The number of benzene rings is 1. The van der Waals surface area contributed by atoms with Crippen molar-refractivity contribution in [3.8, 4) is 17.2 Å². The minimum Gasteiger partial charge on any atom is -0.493 e. The summed E-state index contributed by atoms with van der Waals surface area (Å²) in [7, 11) is 0. The van der Waals surface area contributed by atoms with Crippen molar-refractivity contribution in [1.29, 1.82) is 0 Å². The Morgan fingerprint density at radius 3 is 2.52 bits per heavy atom. The summed E-state index contributed by atoms with van der Waals surface area (Å²) in [6, 6.07) is 7.29. The Bertz CT molecular complexity index is 653. The van der Waals surface area contributed by atoms with Crippen LogP contribution in [0, 0.1) is 0 Å². The third kappa shape index (κ3) is 3.07. The molecule has 21 heavy (non-hydrogen) atoms. The minimum absolute atomic E-state index is 0.121. The predicted octanol–water partition coefficient (Wildman–Crippen LogP) is 3.74. The van der Waals surface area contributed by atoms with Crippen LogP contribution in [0.15, 0.2) is 28.7 Å². The standard InChI is InChI=1S/C16H19NO4/c1-5-20-11-9-7-6-8-10(11)14-17-13(16(2,3)4)12(21-14)15(18)19/h6-9H,5H2,1-4H3,(H,18,19). The Hall–Kier alpha value is -2.30. The fraction of sp³-hybridized carbons (Fsp3) is 0.375. The van der Waals surface area contributed by atoms with Crippen LogP contribution in [0.25, 0.3) is 11.5 Å². The van der Waals surface area contributed by atoms with Crippen molar-refractivity contribution in [2.24, 2.45) is 0 Å². The largest absolute Gasteiger partial charge is 0.493 e. The fourth-order valence-corrected chi connectivity index (χ4v) is 2.01. The first kappa shape index (κ1) is 15.1. The van der Waals surface area contributed by atoms with E-state index in [9.17, 15) is 9.90 Å². The number of hydrogen-bond donors (Lipinski definition) is 1. The van der Waals surface area contributed by atoms with E-state index in [1.165, 1.54) is 0 Å². The first-order valence-electron chi connectivity index (χ1n) is 6.81. The molecule has 1 aromatic carbocycles. The molecule has 0 fully saturated rings. The van der Waals surface area contributed by atoms with Crippen molar-refractivity contribution >= 4 is 5.97 Å². The van der Waals surface area contributed by atoms with Crippen LogP contribution in [-0.4, -0.2) is 22.7 Å². The normalized spacial score (nSPS) is 11.4. The van der Waals surface area contributed by atoms with Gasteiger partial charge in [0.15, 0.2) is 0 Å². The van der Waals surface area contributed by atoms with Gasteiger partial charge in [0.05, 0.1) is 12.2 Å². The predicted molar refractivity (Wildman–Crippen MR) is 78.8 cm³/mol. The zero-order valence-electron chi connectivity index (χ0n) is 12.6. The van der Waals surface area contributed by atoms with Gasteiger partial charge in [-0.15, -0.1) is 0 Å². The van der Waals surface area contributed by atoms with E-state index in [0.29, 0.717) is 23.6 Å². The molecule has 1 heterocycles. The number of nitrogens with zero attached hydrogens (tertiary/aromatic N) is 1. The van der Waals surface area contributed by atoms with E-state index in [1.807, 2.05) is 39.8 Å². The number of ether oxygens (including phenoxy) is 1. The Morgan fingerprint density at radius 1 is 1.33 bits per heavy atom. The molecule has 0 saturated carbocycles. The molecule has 2 rings (SSSR count). The van der Waals surface area contributed by atoms with Gasteiger partial charge in [0, 0.05) is 5.41 Å². The van der Waals surface area contributed by atoms with Crippen molar-refractivity contribution in [2.45, 2.75) is 33.1 Å². The number of para-hydroxylation sites is 1. The summed E-state index contributed by atoms with van der Waals surface area (Å²) in [5, 5.41) is 9.30. The molecule has 0 atom stereocenters. The number of hydrogen-bond acceptors (Lipinski definition) is 4. The number of carboxylic acid groups (broad SMARTS) is 1. The highest BCUT2D eigenvalue weighted by Crippen LogP contribution is 2.34. The van der Waals surface area contributed by atoms with E-state index >= 15 is 0 Å². The Balaban J connectivity index is 2.58. The molecule has 0 saturated heterocycles. The van der Waals surface area contributed by atoms with Gasteiger partial charge in [-0.25, -0.2) is 9.78 Å². The molecule has 0 unspecified atom stereocenters. The lowest BCUT2D eigenvalue weighted by Crippen LogP contribution is -2.16. The average molecular weight is 289 g/mol. The maximum atomic E-state index is 11.4. The second-order valence-corrected chi connectivity index (χ2v) is 5.68. The first-order valence-corrected chi connectivity index (χ1v) is 6.81. The molecule has 2 aromatic rings. The summed E-state index contributed by atoms with van der Waals surface area (Å²) in [6.07, 6.45) is 0. The zero-order valence-corrected chi connectivity index (χ0v) is 12.6. The maximum absolute atomic E-state index is 11.4. The van der Waals surface area contributed by atoms with Gasteiger partial charge in [-0.1, -0.05) is 32.9 Å². The van der Waals surface area contributed by atoms with Crippen molar-refractivity contribution in [2.75, 3.05) is 6.61 Å². The lowest BCUT2D eigenvalue weighted by atomic mass is 9.91. The smallest absolute Gasteiger partial charge is 0.373 e. The number of aromatic carboxylic acids is 1. The average Bonchev–Trinajstić information content (AvgIpc) is 2.85. The summed E-state index contributed by atoms with van der Waals surface area (Å²) in [5.74, 6) is -0.351. The lowest BCUT2D eigenvalue weighted by molar-refractivity contribution is 0.0659. The van der Waals surface area contributed by atoms with E-state index in [0.717, 1.165) is 0 Å². The van der Waals surface area contributed by atoms with Crippen molar-refractivity contribution in [1.82, 2.24) is 4.98 Å². The lowest BCUT2D eigenvalue weighted by Gasteiger charge is -2.14. The van der Waals surface area contributed by atoms with Gasteiger partial charge < -0.3 is 14.3 Å². The number of carbonyl (C=O) groups is 1. The van der Waals surface area contributed by atoms with Crippen LogP contribution >= 0.6 is 0 Å². The molecule has 0 radical (unpaired) electrons. The molecule has 1 N–H and O–H groups in total. The molecule has 0 bridgehead atoms. The van der Waals surface area contributed by atoms with Crippen LogP contribution < -0.4 is 4.74 Å². The second-order valence-electron chi connectivity index (χ2n) is 5.68. The molecule has 5 nitrogen and oxygen atoms in total. The van der Waals surface area contributed by atoms with Gasteiger partial charge >= 0.3 is 5.97 Å². The highest BCUT2D eigenvalue weighted by Gasteiger charge is 2.29. The molecule has 0 aliphatic heterocycles. The molecular formula is C16H19NO4. The second kappa shape index (κ2) is 5.60. The Kier molecular flexibility index (Phi) is 4.02. The summed E-state index contributed by atoms with van der Waals surface area (Å²) in [6.45, 7) is 8.09. The van der Waals surface area contributed by atoms with E-state index < -0.39 is 11.4 Å². The number of aromatic nitrogens is 1. The maximum Gasteiger partial charge on any atom is 0.373 e. The number of rotatable bonds is 4. The Labute approximate surface area is 123 Å². The molecular weight excluding hydrogens is 270 g/mol. The van der Waals surface area contributed by atoms with E-state index in [4.69, 9.17) is 9.15 Å². The van der Waals surface area contributed by atoms with E-state index in [2.05, 4.69) is 4.98 Å². The quantitative estimate of drug-likeness (QED) is 0.928. The van der Waals surface area contributed by atoms with Gasteiger partial charge in [-0.05, 0) is 19.1 Å². The monoisotopic (exact) mass is 289 g/mol. The van der Waals surface area contributed by atoms with Gasteiger partial charge in [-0.3, -0.25) is 0 Å². The molecule has 1 aromatic heterocycles. The number of carboxylic acids is 1. The third-order valence-electron chi connectivity index (χ3n) is 2.95. The zero-order chi connectivity index (χ0) is 15.6. The molecule has 0 amide bonds. The van der Waals surface area contributed by atoms with Crippen LogP contribution in [0.5, 0.6) is 5.75 Å². The van der Waals surface area contributed by atoms with Gasteiger partial charge in [0.2, 0.25) is 11.7 Å². The van der Waals surface area contributed by atoms with Crippen molar-refractivity contribution in [3.63, 3.8) is 0 Å². The minimum atomic E-state index is -1.12. The van der Waals surface area contributed by atoms with Crippen LogP contribution in [0.2, 0.25) is 0 Å². The van der Waals surface area contributed by atoms with Crippen LogP contribution in [0.3, 0.4) is 0 Å². The molecule has 112 valence electrons. The fourth-order valence-electron chi connectivity index (χ4n) is 2.01. The SMILES string of the molecule is CCOc1ccccc1-c1nc(C(C)(C)C)c(C(=O)O)o1. The third-order valence-corrected chi connectivity index (χ3v) is 2.95. The van der Waals surface area contributed by atoms with E-state index in [-0.39, 0.29) is 11.7 Å². The van der Waals surface area contributed by atoms with Crippen LogP contribution in [0.4, 0.5) is 0 Å². The molecule has 5 heteroatoms. The summed E-state index contributed by atoms with van der Waals surface area (Å²) >= 11 is 0. The van der Waals surface area contributed by atoms with Crippen molar-refractivity contribution in [3.05, 3.63) is 35.7 Å². The summed E-state index contributed by atoms with van der Waals surface area (Å²) in [5.41, 5.74) is 0.657. The summed E-state index contributed by atoms with van der Waals surface area (Å²) in [4.78, 5) is 15.7. The van der Waals surface area contributed by atoms with E-state index in [1.54, 1.807) is 12.1 Å². The van der Waals surface area contributed by atoms with Gasteiger partial charge in [0.25, 0.3) is 0 Å². The highest BCUT2D eigenvalue weighted by molar-refractivity contribution is 5.86. The van der Waals surface area contributed by atoms with Gasteiger partial charge in [0.1, 0.15) is 11.4 Å². The molecule has 0 aliphatic carbocycles. The topological polar surface area (TPSA) is 72.6 Å². The molecule has 0 spiro atoms.